The molecule has 0 aromatic rings. The van der Waals surface area contributed by atoms with E-state index in [4.69, 9.17) is 0 Å². The first kappa shape index (κ1) is 8.28. The van der Waals surface area contributed by atoms with Gasteiger partial charge in [-0.2, -0.15) is 0 Å². The Morgan fingerprint density at radius 1 is 1.15 bits per heavy atom. The highest BCUT2D eigenvalue weighted by Crippen LogP contribution is 2.58. The van der Waals surface area contributed by atoms with E-state index in [9.17, 15) is 0 Å². The normalized spacial score (nSPS) is 54.0. The van der Waals surface area contributed by atoms with E-state index in [1.807, 2.05) is 0 Å². The fourth-order valence-electron chi connectivity index (χ4n) is 4.19. The molecule has 2 atom stereocenters. The lowest BCUT2D eigenvalue weighted by atomic mass is 9.58. The average Bonchev–Trinajstić information content (AvgIpc) is 1.98. The van der Waals surface area contributed by atoms with Crippen molar-refractivity contribution in [1.29, 1.82) is 0 Å². The summed E-state index contributed by atoms with van der Waals surface area (Å²) in [4.78, 5) is 2.81. The minimum atomic E-state index is 0.664. The zero-order valence-electron chi connectivity index (χ0n) is 9.09. The summed E-state index contributed by atoms with van der Waals surface area (Å²) in [7, 11) is 0. The summed E-state index contributed by atoms with van der Waals surface area (Å²) in [5, 5.41) is 0. The van der Waals surface area contributed by atoms with Gasteiger partial charge in [-0.25, -0.2) is 0 Å². The summed E-state index contributed by atoms with van der Waals surface area (Å²) < 4.78 is 0. The molecule has 0 radical (unpaired) electrons. The Hall–Kier alpha value is -0.0400. The molecule has 3 rings (SSSR count). The van der Waals surface area contributed by atoms with E-state index in [-0.39, 0.29) is 0 Å². The van der Waals surface area contributed by atoms with Crippen molar-refractivity contribution in [2.24, 2.45) is 11.8 Å². The molecule has 0 N–H and O–H groups in total. The van der Waals surface area contributed by atoms with Crippen LogP contribution in [-0.2, 0) is 0 Å². The molecule has 74 valence electrons. The zero-order chi connectivity index (χ0) is 9.22. The highest BCUT2D eigenvalue weighted by Gasteiger charge is 2.62. The molecule has 3 aliphatic heterocycles. The van der Waals surface area contributed by atoms with Crippen molar-refractivity contribution >= 4 is 0 Å². The van der Waals surface area contributed by atoms with Crippen molar-refractivity contribution in [1.82, 2.24) is 4.90 Å². The van der Waals surface area contributed by atoms with Crippen LogP contribution in [0.1, 0.15) is 46.5 Å². The average molecular weight is 179 g/mol. The Kier molecular flexibility index (Phi) is 1.47. The molecule has 0 amide bonds. The van der Waals surface area contributed by atoms with Gasteiger partial charge in [-0.05, 0) is 44.4 Å². The second kappa shape index (κ2) is 2.31. The van der Waals surface area contributed by atoms with Gasteiger partial charge >= 0.3 is 0 Å². The van der Waals surface area contributed by atoms with Gasteiger partial charge in [0.15, 0.2) is 0 Å². The Labute approximate surface area is 81.5 Å². The van der Waals surface area contributed by atoms with Gasteiger partial charge in [0.1, 0.15) is 0 Å². The highest BCUT2D eigenvalue weighted by molar-refractivity contribution is 5.18. The van der Waals surface area contributed by atoms with Crippen molar-refractivity contribution in [3.05, 3.63) is 0 Å². The van der Waals surface area contributed by atoms with E-state index in [2.05, 4.69) is 25.7 Å². The van der Waals surface area contributed by atoms with Crippen LogP contribution < -0.4 is 0 Å². The summed E-state index contributed by atoms with van der Waals surface area (Å²) in [5.41, 5.74) is 0.664. The largest absolute Gasteiger partial charge is 0.292 e. The van der Waals surface area contributed by atoms with E-state index in [0.29, 0.717) is 5.54 Å². The maximum Gasteiger partial charge on any atom is 0.0217 e. The third kappa shape index (κ3) is 0.918. The van der Waals surface area contributed by atoms with Crippen molar-refractivity contribution in [2.45, 2.75) is 64.1 Å². The van der Waals surface area contributed by atoms with Crippen LogP contribution in [0.3, 0.4) is 0 Å². The zero-order valence-corrected chi connectivity index (χ0v) is 9.09. The van der Waals surface area contributed by atoms with Crippen LogP contribution >= 0.6 is 0 Å². The number of rotatable bonds is 1. The van der Waals surface area contributed by atoms with Gasteiger partial charge in [-0.3, -0.25) is 4.90 Å². The summed E-state index contributed by atoms with van der Waals surface area (Å²) >= 11 is 0. The van der Waals surface area contributed by atoms with Crippen LogP contribution in [0.2, 0.25) is 0 Å². The van der Waals surface area contributed by atoms with Gasteiger partial charge in [0.25, 0.3) is 0 Å². The van der Waals surface area contributed by atoms with Gasteiger partial charge < -0.3 is 0 Å². The second-order valence-corrected chi connectivity index (χ2v) is 6.10. The first-order chi connectivity index (χ1) is 6.10. The number of piperidine rings is 2. The molecular weight excluding hydrogens is 158 g/mol. The molecule has 0 aromatic heterocycles. The molecule has 1 heteroatoms. The molecule has 3 saturated heterocycles. The fourth-order valence-corrected chi connectivity index (χ4v) is 4.19. The SMILES string of the molecule is CC(C)C1CC2CC3(C)CC(C1)N23. The van der Waals surface area contributed by atoms with Crippen LogP contribution in [0.15, 0.2) is 0 Å². The third-order valence-electron chi connectivity index (χ3n) is 4.85. The maximum absolute atomic E-state index is 2.81. The fraction of sp³-hybridized carbons (Fsp3) is 1.00. The van der Waals surface area contributed by atoms with E-state index in [1.54, 1.807) is 0 Å². The summed E-state index contributed by atoms with van der Waals surface area (Å²) in [5.74, 6) is 1.94. The first-order valence-corrected chi connectivity index (χ1v) is 5.88. The minimum absolute atomic E-state index is 0.664. The topological polar surface area (TPSA) is 3.24 Å². The molecule has 2 unspecified atom stereocenters. The van der Waals surface area contributed by atoms with Crippen LogP contribution in [0.4, 0.5) is 0 Å². The summed E-state index contributed by atoms with van der Waals surface area (Å²) in [6.07, 6.45) is 5.97. The molecule has 0 aromatic carbocycles. The van der Waals surface area contributed by atoms with Gasteiger partial charge in [0, 0.05) is 17.6 Å². The van der Waals surface area contributed by atoms with Gasteiger partial charge in [-0.15, -0.1) is 0 Å². The lowest BCUT2D eigenvalue weighted by Crippen LogP contribution is -2.79. The molecule has 3 fully saturated rings. The standard InChI is InChI=1S/C12H21N/c1-8(2)9-4-10-6-12(3)7-11(5-9)13(10)12/h8-11H,4-7H2,1-3H3. The van der Waals surface area contributed by atoms with Crippen LogP contribution in [0, 0.1) is 11.8 Å². The molecule has 1 nitrogen and oxygen atoms in total. The number of hydrogen-bond donors (Lipinski definition) is 0. The predicted octanol–water partition coefficient (Wildman–Crippen LogP) is 2.66. The quantitative estimate of drug-likeness (QED) is 0.598. The molecule has 0 aliphatic carbocycles. The Bertz CT molecular complexity index is 217. The van der Waals surface area contributed by atoms with E-state index in [1.165, 1.54) is 25.7 Å². The highest BCUT2D eigenvalue weighted by atomic mass is 15.4. The van der Waals surface area contributed by atoms with Crippen molar-refractivity contribution < 1.29 is 0 Å². The second-order valence-electron chi connectivity index (χ2n) is 6.10. The third-order valence-corrected chi connectivity index (χ3v) is 4.85. The van der Waals surface area contributed by atoms with Gasteiger partial charge in [0.05, 0.1) is 0 Å². The van der Waals surface area contributed by atoms with Crippen molar-refractivity contribution in [3.63, 3.8) is 0 Å². The summed E-state index contributed by atoms with van der Waals surface area (Å²) in [6.45, 7) is 7.25. The lowest BCUT2D eigenvalue weighted by molar-refractivity contribution is -0.222. The molecule has 3 aliphatic rings. The molecule has 0 saturated carbocycles. The van der Waals surface area contributed by atoms with Gasteiger partial charge in [-0.1, -0.05) is 13.8 Å². The van der Waals surface area contributed by atoms with Crippen LogP contribution in [0.25, 0.3) is 0 Å². The molecule has 0 spiro atoms. The van der Waals surface area contributed by atoms with Crippen LogP contribution in [-0.4, -0.2) is 22.5 Å². The summed E-state index contributed by atoms with van der Waals surface area (Å²) in [6, 6.07) is 1.95. The maximum atomic E-state index is 2.81. The molecule has 0 bridgehead atoms. The smallest absolute Gasteiger partial charge is 0.0217 e. The molecule has 13 heavy (non-hydrogen) atoms. The van der Waals surface area contributed by atoms with E-state index in [0.717, 1.165) is 23.9 Å². The number of nitrogens with zero attached hydrogens (tertiary/aromatic N) is 1. The Balaban J connectivity index is 1.73. The minimum Gasteiger partial charge on any atom is -0.292 e. The van der Waals surface area contributed by atoms with E-state index >= 15 is 0 Å². The predicted molar refractivity (Wildman–Crippen MR) is 54.6 cm³/mol. The van der Waals surface area contributed by atoms with E-state index < -0.39 is 0 Å². The lowest BCUT2D eigenvalue weighted by Gasteiger charge is -2.73. The monoisotopic (exact) mass is 179 g/mol. The van der Waals surface area contributed by atoms with Gasteiger partial charge in [0.2, 0.25) is 0 Å². The molecular formula is C12H21N. The van der Waals surface area contributed by atoms with Crippen molar-refractivity contribution in [3.8, 4) is 0 Å². The molecule has 3 heterocycles. The Morgan fingerprint density at radius 3 is 2.08 bits per heavy atom. The van der Waals surface area contributed by atoms with Crippen molar-refractivity contribution in [2.75, 3.05) is 0 Å². The Morgan fingerprint density at radius 2 is 1.69 bits per heavy atom. The first-order valence-electron chi connectivity index (χ1n) is 5.88. The number of hydrogen-bond acceptors (Lipinski definition) is 1. The van der Waals surface area contributed by atoms with Crippen LogP contribution in [0.5, 0.6) is 0 Å².